The van der Waals surface area contributed by atoms with Crippen molar-refractivity contribution in [3.63, 3.8) is 0 Å². The van der Waals surface area contributed by atoms with Crippen LogP contribution >= 0.6 is 0 Å². The maximum Gasteiger partial charge on any atom is 0.119 e. The molecule has 0 bridgehead atoms. The Balaban J connectivity index is 1.84. The number of epoxide rings is 1. The third kappa shape index (κ3) is 2.64. The molecule has 1 aliphatic heterocycles. The Morgan fingerprint density at radius 3 is 2.29 bits per heavy atom. The van der Waals surface area contributed by atoms with Crippen LogP contribution in [0.2, 0.25) is 0 Å². The van der Waals surface area contributed by atoms with Gasteiger partial charge in [0.1, 0.15) is 24.2 Å². The van der Waals surface area contributed by atoms with Crippen molar-refractivity contribution < 1.29 is 14.2 Å². The van der Waals surface area contributed by atoms with E-state index in [-0.39, 0.29) is 0 Å². The Kier molecular flexibility index (Phi) is 2.89. The van der Waals surface area contributed by atoms with Crippen LogP contribution in [-0.2, 0) is 4.74 Å². The number of hydrogen-bond acceptors (Lipinski definition) is 3. The minimum atomic E-state index is 0.307. The molecule has 0 saturated carbocycles. The first-order valence-corrected chi connectivity index (χ1v) is 4.85. The first-order chi connectivity index (χ1) is 6.88. The molecule has 1 heterocycles. The summed E-state index contributed by atoms with van der Waals surface area (Å²) in [6.45, 7) is 4.13. The molecule has 0 aromatic heterocycles. The molecular formula is C11H14O3. The quantitative estimate of drug-likeness (QED) is 0.670. The molecule has 76 valence electrons. The fraction of sp³-hybridized carbons (Fsp3) is 0.455. The molecule has 0 amide bonds. The Morgan fingerprint density at radius 1 is 1.21 bits per heavy atom. The standard InChI is InChI=1S/C11H14O3/c1-2-12-9-3-5-10(6-4-9)13-7-11-8-14-11/h3-6,11H,2,7-8H2,1H3/t11-/m1/s1. The number of ether oxygens (including phenoxy) is 3. The normalized spacial score (nSPS) is 19.1. The maximum absolute atomic E-state index is 5.48. The summed E-state index contributed by atoms with van der Waals surface area (Å²) in [5, 5.41) is 0. The van der Waals surface area contributed by atoms with Crippen molar-refractivity contribution >= 4 is 0 Å². The molecule has 3 nitrogen and oxygen atoms in total. The van der Waals surface area contributed by atoms with Gasteiger partial charge in [0.05, 0.1) is 13.2 Å². The summed E-state index contributed by atoms with van der Waals surface area (Å²) >= 11 is 0. The van der Waals surface area contributed by atoms with Gasteiger partial charge in [0.15, 0.2) is 0 Å². The fourth-order valence-electron chi connectivity index (χ4n) is 1.15. The molecule has 2 rings (SSSR count). The Morgan fingerprint density at radius 2 is 1.79 bits per heavy atom. The van der Waals surface area contributed by atoms with Crippen molar-refractivity contribution in [2.75, 3.05) is 19.8 Å². The SMILES string of the molecule is CCOc1ccc(OC[C@@H]2CO2)cc1. The lowest BCUT2D eigenvalue weighted by Crippen LogP contribution is -2.03. The molecule has 0 radical (unpaired) electrons. The molecule has 3 heteroatoms. The van der Waals surface area contributed by atoms with E-state index in [0.29, 0.717) is 19.3 Å². The van der Waals surface area contributed by atoms with Crippen LogP contribution in [0.1, 0.15) is 6.92 Å². The molecule has 1 aromatic carbocycles. The van der Waals surface area contributed by atoms with E-state index in [1.807, 2.05) is 31.2 Å². The van der Waals surface area contributed by atoms with Crippen molar-refractivity contribution in [1.29, 1.82) is 0 Å². The van der Waals surface area contributed by atoms with Gasteiger partial charge in [0, 0.05) is 0 Å². The van der Waals surface area contributed by atoms with E-state index < -0.39 is 0 Å². The molecule has 0 N–H and O–H groups in total. The highest BCUT2D eigenvalue weighted by atomic mass is 16.6. The van der Waals surface area contributed by atoms with Crippen LogP contribution in [0.5, 0.6) is 11.5 Å². The van der Waals surface area contributed by atoms with Gasteiger partial charge >= 0.3 is 0 Å². The molecule has 14 heavy (non-hydrogen) atoms. The first-order valence-electron chi connectivity index (χ1n) is 4.85. The van der Waals surface area contributed by atoms with Crippen molar-refractivity contribution in [2.45, 2.75) is 13.0 Å². The number of benzene rings is 1. The van der Waals surface area contributed by atoms with Crippen LogP contribution in [-0.4, -0.2) is 25.9 Å². The van der Waals surface area contributed by atoms with Crippen molar-refractivity contribution in [2.24, 2.45) is 0 Å². The molecule has 1 aromatic rings. The van der Waals surface area contributed by atoms with Crippen LogP contribution < -0.4 is 9.47 Å². The van der Waals surface area contributed by atoms with Gasteiger partial charge in [0.2, 0.25) is 0 Å². The van der Waals surface area contributed by atoms with E-state index in [4.69, 9.17) is 14.2 Å². The minimum Gasteiger partial charge on any atom is -0.494 e. The highest BCUT2D eigenvalue weighted by molar-refractivity contribution is 5.31. The summed E-state index contributed by atoms with van der Waals surface area (Å²) in [5.41, 5.74) is 0. The van der Waals surface area contributed by atoms with Gasteiger partial charge in [-0.15, -0.1) is 0 Å². The largest absolute Gasteiger partial charge is 0.494 e. The minimum absolute atomic E-state index is 0.307. The van der Waals surface area contributed by atoms with E-state index in [1.54, 1.807) is 0 Å². The Hall–Kier alpha value is -1.22. The van der Waals surface area contributed by atoms with Crippen LogP contribution in [0.4, 0.5) is 0 Å². The van der Waals surface area contributed by atoms with E-state index in [1.165, 1.54) is 0 Å². The molecule has 0 aliphatic carbocycles. The highest BCUT2D eigenvalue weighted by Crippen LogP contribution is 2.19. The van der Waals surface area contributed by atoms with Crippen LogP contribution in [0.3, 0.4) is 0 Å². The maximum atomic E-state index is 5.48. The van der Waals surface area contributed by atoms with Crippen molar-refractivity contribution in [3.05, 3.63) is 24.3 Å². The van der Waals surface area contributed by atoms with E-state index in [2.05, 4.69) is 0 Å². The lowest BCUT2D eigenvalue weighted by molar-refractivity contribution is 0.262. The summed E-state index contributed by atoms with van der Waals surface area (Å²) < 4.78 is 15.8. The number of rotatable bonds is 5. The third-order valence-corrected chi connectivity index (χ3v) is 1.97. The fourth-order valence-corrected chi connectivity index (χ4v) is 1.15. The van der Waals surface area contributed by atoms with Crippen LogP contribution in [0, 0.1) is 0 Å². The second-order valence-corrected chi connectivity index (χ2v) is 3.17. The zero-order chi connectivity index (χ0) is 9.80. The van der Waals surface area contributed by atoms with Gasteiger partial charge in [-0.25, -0.2) is 0 Å². The second kappa shape index (κ2) is 4.33. The first kappa shape index (κ1) is 9.34. The van der Waals surface area contributed by atoms with Crippen LogP contribution in [0.15, 0.2) is 24.3 Å². The predicted octanol–water partition coefficient (Wildman–Crippen LogP) is 1.86. The molecule has 1 aliphatic rings. The van der Waals surface area contributed by atoms with Crippen LogP contribution in [0.25, 0.3) is 0 Å². The lowest BCUT2D eigenvalue weighted by Gasteiger charge is -2.05. The Labute approximate surface area is 83.6 Å². The van der Waals surface area contributed by atoms with Gasteiger partial charge in [-0.3, -0.25) is 0 Å². The van der Waals surface area contributed by atoms with Gasteiger partial charge in [0.25, 0.3) is 0 Å². The summed E-state index contributed by atoms with van der Waals surface area (Å²) in [4.78, 5) is 0. The van der Waals surface area contributed by atoms with Gasteiger partial charge in [-0.05, 0) is 31.2 Å². The average molecular weight is 194 g/mol. The van der Waals surface area contributed by atoms with Crippen molar-refractivity contribution in [3.8, 4) is 11.5 Å². The third-order valence-electron chi connectivity index (χ3n) is 1.97. The van der Waals surface area contributed by atoms with E-state index in [9.17, 15) is 0 Å². The lowest BCUT2D eigenvalue weighted by atomic mass is 10.3. The highest BCUT2D eigenvalue weighted by Gasteiger charge is 2.22. The van der Waals surface area contributed by atoms with Gasteiger partial charge in [-0.1, -0.05) is 0 Å². The van der Waals surface area contributed by atoms with Crippen molar-refractivity contribution in [1.82, 2.24) is 0 Å². The number of hydrogen-bond donors (Lipinski definition) is 0. The molecule has 1 saturated heterocycles. The molecule has 0 unspecified atom stereocenters. The summed E-state index contributed by atoms with van der Waals surface area (Å²) in [5.74, 6) is 1.74. The smallest absolute Gasteiger partial charge is 0.119 e. The molecule has 1 atom stereocenters. The van der Waals surface area contributed by atoms with E-state index >= 15 is 0 Å². The summed E-state index contributed by atoms with van der Waals surface area (Å²) in [6.07, 6.45) is 0.307. The Bertz CT molecular complexity index is 277. The molecule has 0 spiro atoms. The summed E-state index contributed by atoms with van der Waals surface area (Å²) in [7, 11) is 0. The average Bonchev–Trinajstić information content (AvgIpc) is 3.01. The molecular weight excluding hydrogens is 180 g/mol. The van der Waals surface area contributed by atoms with Gasteiger partial charge < -0.3 is 14.2 Å². The topological polar surface area (TPSA) is 31.0 Å². The second-order valence-electron chi connectivity index (χ2n) is 3.17. The zero-order valence-corrected chi connectivity index (χ0v) is 8.23. The monoisotopic (exact) mass is 194 g/mol. The predicted molar refractivity (Wildman–Crippen MR) is 52.8 cm³/mol. The summed E-state index contributed by atoms with van der Waals surface area (Å²) in [6, 6.07) is 7.64. The molecule has 1 fully saturated rings. The van der Waals surface area contributed by atoms with Gasteiger partial charge in [-0.2, -0.15) is 0 Å². The van der Waals surface area contributed by atoms with E-state index in [0.717, 1.165) is 18.1 Å². The zero-order valence-electron chi connectivity index (χ0n) is 8.23.